The van der Waals surface area contributed by atoms with Gasteiger partial charge in [-0.3, -0.25) is 0 Å². The molecule has 0 atom stereocenters. The number of nitrogens with one attached hydrogen (secondary N) is 1. The molecule has 1 aromatic carbocycles. The van der Waals surface area contributed by atoms with Gasteiger partial charge in [-0.2, -0.15) is 4.98 Å². The average Bonchev–Trinajstić information content (AvgIpc) is 2.31. The molecule has 0 aliphatic rings. The summed E-state index contributed by atoms with van der Waals surface area (Å²) >= 11 is 0. The van der Waals surface area contributed by atoms with E-state index in [4.69, 9.17) is 10.5 Å². The van der Waals surface area contributed by atoms with Crippen LogP contribution in [0.5, 0.6) is 5.75 Å². The molecule has 0 saturated heterocycles. The molecule has 0 radical (unpaired) electrons. The first-order chi connectivity index (χ1) is 8.19. The monoisotopic (exact) mass is 234 g/mol. The average molecular weight is 234 g/mol. The van der Waals surface area contributed by atoms with E-state index in [1.807, 2.05) is 0 Å². The Kier molecular flexibility index (Phi) is 3.04. The Bertz CT molecular complexity index is 533. The van der Waals surface area contributed by atoms with Crippen molar-refractivity contribution in [2.24, 2.45) is 0 Å². The maximum atomic E-state index is 13.0. The maximum Gasteiger partial charge on any atom is 0.229 e. The fourth-order valence-electron chi connectivity index (χ4n) is 1.32. The standard InChI is InChI=1S/C11H11FN4O/c1-17-9-6-7(12)2-3-8(9)15-11-14-5-4-10(13)16-11/h2-6H,1H3,(H3,13,14,15,16). The first kappa shape index (κ1) is 11.1. The molecule has 1 heterocycles. The van der Waals surface area contributed by atoms with Crippen molar-refractivity contribution in [3.05, 3.63) is 36.3 Å². The van der Waals surface area contributed by atoms with E-state index in [-0.39, 0.29) is 5.82 Å². The Morgan fingerprint density at radius 3 is 2.88 bits per heavy atom. The van der Waals surface area contributed by atoms with E-state index < -0.39 is 0 Å². The van der Waals surface area contributed by atoms with Crippen molar-refractivity contribution in [2.75, 3.05) is 18.2 Å². The van der Waals surface area contributed by atoms with E-state index in [1.165, 1.54) is 25.4 Å². The quantitative estimate of drug-likeness (QED) is 0.849. The second-order valence-corrected chi connectivity index (χ2v) is 3.27. The fraction of sp³-hybridized carbons (Fsp3) is 0.0909. The number of halogens is 1. The van der Waals surface area contributed by atoms with Crippen LogP contribution in [0.2, 0.25) is 0 Å². The zero-order valence-electron chi connectivity index (χ0n) is 9.14. The van der Waals surface area contributed by atoms with Gasteiger partial charge in [-0.05, 0) is 18.2 Å². The molecule has 1 aromatic heterocycles. The van der Waals surface area contributed by atoms with Crippen LogP contribution in [0.15, 0.2) is 30.5 Å². The van der Waals surface area contributed by atoms with Crippen molar-refractivity contribution in [2.45, 2.75) is 0 Å². The van der Waals surface area contributed by atoms with Crippen molar-refractivity contribution in [1.29, 1.82) is 0 Å². The Morgan fingerprint density at radius 1 is 1.35 bits per heavy atom. The van der Waals surface area contributed by atoms with Crippen molar-refractivity contribution in [1.82, 2.24) is 9.97 Å². The van der Waals surface area contributed by atoms with Gasteiger partial charge in [-0.1, -0.05) is 0 Å². The molecule has 17 heavy (non-hydrogen) atoms. The highest BCUT2D eigenvalue weighted by atomic mass is 19.1. The molecule has 0 saturated carbocycles. The van der Waals surface area contributed by atoms with Crippen LogP contribution in [0.4, 0.5) is 21.8 Å². The van der Waals surface area contributed by atoms with E-state index in [0.29, 0.717) is 23.2 Å². The molecule has 0 fully saturated rings. The highest BCUT2D eigenvalue weighted by molar-refractivity contribution is 5.62. The summed E-state index contributed by atoms with van der Waals surface area (Å²) in [5, 5.41) is 2.90. The molecule has 0 spiro atoms. The number of nitrogens with zero attached hydrogens (tertiary/aromatic N) is 2. The van der Waals surface area contributed by atoms with Gasteiger partial charge in [0.05, 0.1) is 12.8 Å². The molecule has 3 N–H and O–H groups in total. The van der Waals surface area contributed by atoms with Crippen molar-refractivity contribution < 1.29 is 9.13 Å². The minimum absolute atomic E-state index is 0.329. The first-order valence-corrected chi connectivity index (χ1v) is 4.88. The summed E-state index contributed by atoms with van der Waals surface area (Å²) in [5.41, 5.74) is 6.09. The minimum Gasteiger partial charge on any atom is -0.494 e. The molecule has 0 bridgehead atoms. The molecule has 6 heteroatoms. The number of ether oxygens (including phenoxy) is 1. The lowest BCUT2D eigenvalue weighted by Crippen LogP contribution is -2.01. The molecule has 0 amide bonds. The molecule has 0 unspecified atom stereocenters. The normalized spacial score (nSPS) is 10.0. The van der Waals surface area contributed by atoms with Gasteiger partial charge in [0.2, 0.25) is 5.95 Å². The zero-order chi connectivity index (χ0) is 12.3. The van der Waals surface area contributed by atoms with Crippen LogP contribution in [0.25, 0.3) is 0 Å². The predicted octanol–water partition coefficient (Wildman–Crippen LogP) is 1.95. The van der Waals surface area contributed by atoms with Crippen LogP contribution in [0, 0.1) is 5.82 Å². The third kappa shape index (κ3) is 2.60. The summed E-state index contributed by atoms with van der Waals surface area (Å²) in [6, 6.07) is 5.71. The lowest BCUT2D eigenvalue weighted by molar-refractivity contribution is 0.413. The zero-order valence-corrected chi connectivity index (χ0v) is 9.14. The molecule has 0 aliphatic carbocycles. The first-order valence-electron chi connectivity index (χ1n) is 4.88. The van der Waals surface area contributed by atoms with E-state index in [9.17, 15) is 4.39 Å². The van der Waals surface area contributed by atoms with Gasteiger partial charge in [-0.25, -0.2) is 9.37 Å². The van der Waals surface area contributed by atoms with Crippen LogP contribution in [0.3, 0.4) is 0 Å². The van der Waals surface area contributed by atoms with E-state index in [2.05, 4.69) is 15.3 Å². The molecule has 2 aromatic rings. The number of rotatable bonds is 3. The molecule has 0 aliphatic heterocycles. The van der Waals surface area contributed by atoms with Crippen LogP contribution in [-0.4, -0.2) is 17.1 Å². The summed E-state index contributed by atoms with van der Waals surface area (Å²) in [5.74, 6) is 0.676. The van der Waals surface area contributed by atoms with Gasteiger partial charge >= 0.3 is 0 Å². The topological polar surface area (TPSA) is 73.1 Å². The number of aromatic nitrogens is 2. The Morgan fingerprint density at radius 2 is 2.18 bits per heavy atom. The van der Waals surface area contributed by atoms with Crippen LogP contribution in [-0.2, 0) is 0 Å². The summed E-state index contributed by atoms with van der Waals surface area (Å²) in [6.45, 7) is 0. The summed E-state index contributed by atoms with van der Waals surface area (Å²) in [7, 11) is 1.46. The highest BCUT2D eigenvalue weighted by Crippen LogP contribution is 2.26. The van der Waals surface area contributed by atoms with Gasteiger partial charge in [0, 0.05) is 12.3 Å². The van der Waals surface area contributed by atoms with Crippen LogP contribution in [0.1, 0.15) is 0 Å². The Hall–Kier alpha value is -2.37. The number of hydrogen-bond donors (Lipinski definition) is 2. The maximum absolute atomic E-state index is 13.0. The van der Waals surface area contributed by atoms with Crippen LogP contribution >= 0.6 is 0 Å². The number of nitrogens with two attached hydrogens (primary N) is 1. The van der Waals surface area contributed by atoms with E-state index >= 15 is 0 Å². The summed E-state index contributed by atoms with van der Waals surface area (Å²) in [4.78, 5) is 7.95. The summed E-state index contributed by atoms with van der Waals surface area (Å²) in [6.07, 6.45) is 1.53. The Balaban J connectivity index is 2.29. The lowest BCUT2D eigenvalue weighted by atomic mass is 10.3. The number of nitrogen functional groups attached to an aromatic ring is 1. The SMILES string of the molecule is COc1cc(F)ccc1Nc1nccc(N)n1. The number of anilines is 3. The molecular formula is C11H11FN4O. The molecule has 88 valence electrons. The smallest absolute Gasteiger partial charge is 0.229 e. The lowest BCUT2D eigenvalue weighted by Gasteiger charge is -2.09. The van der Waals surface area contributed by atoms with Crippen molar-refractivity contribution in [3.63, 3.8) is 0 Å². The van der Waals surface area contributed by atoms with Gasteiger partial charge in [0.1, 0.15) is 17.4 Å². The van der Waals surface area contributed by atoms with Gasteiger partial charge in [0.25, 0.3) is 0 Å². The summed E-state index contributed by atoms with van der Waals surface area (Å²) < 4.78 is 18.0. The highest BCUT2D eigenvalue weighted by Gasteiger charge is 2.06. The third-order valence-corrected chi connectivity index (χ3v) is 2.09. The van der Waals surface area contributed by atoms with E-state index in [1.54, 1.807) is 12.1 Å². The number of hydrogen-bond acceptors (Lipinski definition) is 5. The molecule has 2 rings (SSSR count). The van der Waals surface area contributed by atoms with Gasteiger partial charge in [-0.15, -0.1) is 0 Å². The molecule has 5 nitrogen and oxygen atoms in total. The van der Waals surface area contributed by atoms with Crippen molar-refractivity contribution in [3.8, 4) is 5.75 Å². The largest absolute Gasteiger partial charge is 0.494 e. The second-order valence-electron chi connectivity index (χ2n) is 3.27. The Labute approximate surface area is 97.5 Å². The van der Waals surface area contributed by atoms with Gasteiger partial charge < -0.3 is 15.8 Å². The fourth-order valence-corrected chi connectivity index (χ4v) is 1.32. The third-order valence-electron chi connectivity index (χ3n) is 2.09. The van der Waals surface area contributed by atoms with Gasteiger partial charge in [0.15, 0.2) is 0 Å². The minimum atomic E-state index is -0.374. The van der Waals surface area contributed by atoms with E-state index in [0.717, 1.165) is 0 Å². The number of benzene rings is 1. The van der Waals surface area contributed by atoms with Crippen LogP contribution < -0.4 is 15.8 Å². The van der Waals surface area contributed by atoms with Crippen molar-refractivity contribution >= 4 is 17.5 Å². The second kappa shape index (κ2) is 4.65. The number of methoxy groups -OCH3 is 1. The predicted molar refractivity (Wildman–Crippen MR) is 62.7 cm³/mol. The molecular weight excluding hydrogens is 223 g/mol.